The highest BCUT2D eigenvalue weighted by molar-refractivity contribution is 7.90. The van der Waals surface area contributed by atoms with Gasteiger partial charge in [-0.25, -0.2) is 13.4 Å². The second kappa shape index (κ2) is 9.87. The van der Waals surface area contributed by atoms with Gasteiger partial charge in [-0.2, -0.15) is 5.10 Å². The molecule has 0 aliphatic rings. The Hall–Kier alpha value is -3.72. The van der Waals surface area contributed by atoms with E-state index in [0.717, 1.165) is 23.3 Å². The summed E-state index contributed by atoms with van der Waals surface area (Å²) in [5.41, 5.74) is 5.27. The second-order valence-electron chi connectivity index (χ2n) is 8.67. The van der Waals surface area contributed by atoms with Gasteiger partial charge in [0, 0.05) is 18.9 Å². The zero-order valence-electron chi connectivity index (χ0n) is 20.1. The van der Waals surface area contributed by atoms with Gasteiger partial charge in [0.25, 0.3) is 5.91 Å². The van der Waals surface area contributed by atoms with Crippen LogP contribution in [0.4, 0.5) is 0 Å². The van der Waals surface area contributed by atoms with Crippen molar-refractivity contribution in [1.82, 2.24) is 25.5 Å². The lowest BCUT2D eigenvalue weighted by Gasteiger charge is -2.10. The van der Waals surface area contributed by atoms with E-state index in [1.54, 1.807) is 18.2 Å². The molecule has 1 N–H and O–H groups in total. The zero-order chi connectivity index (χ0) is 25.2. The van der Waals surface area contributed by atoms with Crippen molar-refractivity contribution in [2.24, 2.45) is 0 Å². The number of amides is 1. The van der Waals surface area contributed by atoms with E-state index in [0.29, 0.717) is 34.6 Å². The van der Waals surface area contributed by atoms with Crippen LogP contribution < -0.4 is 5.32 Å². The Morgan fingerprint density at radius 1 is 0.971 bits per heavy atom. The Morgan fingerprint density at radius 2 is 1.74 bits per heavy atom. The quantitative estimate of drug-likeness (QED) is 0.409. The molecule has 0 bridgehead atoms. The van der Waals surface area contributed by atoms with Crippen LogP contribution in [0.3, 0.4) is 0 Å². The minimum Gasteiger partial charge on any atom is -0.346 e. The van der Waals surface area contributed by atoms with E-state index in [1.165, 1.54) is 6.07 Å². The highest BCUT2D eigenvalue weighted by Crippen LogP contribution is 2.22. The fourth-order valence-corrected chi connectivity index (χ4v) is 4.74. The highest BCUT2D eigenvalue weighted by atomic mass is 32.2. The van der Waals surface area contributed by atoms with Gasteiger partial charge in [0.2, 0.25) is 0 Å². The maximum Gasteiger partial charge on any atom is 0.251 e. The third-order valence-electron chi connectivity index (χ3n) is 5.66. The number of aryl methyl sites for hydroxylation is 1. The van der Waals surface area contributed by atoms with E-state index in [9.17, 15) is 13.2 Å². The molecule has 35 heavy (non-hydrogen) atoms. The fraction of sp³-hybridized carbons (Fsp3) is 0.269. The van der Waals surface area contributed by atoms with Crippen LogP contribution in [-0.4, -0.2) is 40.7 Å². The van der Waals surface area contributed by atoms with Crippen molar-refractivity contribution in [3.05, 3.63) is 77.1 Å². The van der Waals surface area contributed by atoms with Crippen LogP contribution in [0.1, 0.15) is 55.4 Å². The molecule has 0 fully saturated rings. The molecular weight excluding hydrogens is 462 g/mol. The van der Waals surface area contributed by atoms with Crippen molar-refractivity contribution in [3.63, 3.8) is 0 Å². The van der Waals surface area contributed by atoms with Gasteiger partial charge in [-0.05, 0) is 60.4 Å². The molecular formula is C26H29N5O3S. The highest BCUT2D eigenvalue weighted by Gasteiger charge is 2.16. The summed E-state index contributed by atoms with van der Waals surface area (Å²) >= 11 is 0. The first-order valence-corrected chi connectivity index (χ1v) is 13.3. The minimum absolute atomic E-state index is 0. The first-order chi connectivity index (χ1) is 16.7. The van der Waals surface area contributed by atoms with Crippen LogP contribution in [0.5, 0.6) is 0 Å². The third-order valence-corrected chi connectivity index (χ3v) is 6.84. The van der Waals surface area contributed by atoms with Crippen molar-refractivity contribution in [2.45, 2.75) is 44.6 Å². The maximum absolute atomic E-state index is 12.7. The Bertz CT molecular complexity index is 1520. The number of sulfone groups is 1. The van der Waals surface area contributed by atoms with Crippen molar-refractivity contribution in [1.29, 1.82) is 0 Å². The summed E-state index contributed by atoms with van der Waals surface area (Å²) in [6, 6.07) is 16.1. The molecule has 8 nitrogen and oxygen atoms in total. The molecule has 3 aromatic heterocycles. The summed E-state index contributed by atoms with van der Waals surface area (Å²) in [7, 11) is -3.44. The van der Waals surface area contributed by atoms with E-state index in [-0.39, 0.29) is 18.4 Å². The number of hydrogen-bond acceptors (Lipinski definition) is 7. The Kier molecular flexibility index (Phi) is 6.88. The number of carbonyl (C=O) groups excluding carboxylic acids is 1. The van der Waals surface area contributed by atoms with E-state index in [1.807, 2.05) is 37.3 Å². The molecule has 4 rings (SSSR count). The molecule has 0 spiro atoms. The zero-order valence-corrected chi connectivity index (χ0v) is 20.9. The molecule has 0 aliphatic carbocycles. The first kappa shape index (κ1) is 24.4. The van der Waals surface area contributed by atoms with Gasteiger partial charge in [0.15, 0.2) is 9.84 Å². The summed E-state index contributed by atoms with van der Waals surface area (Å²) < 4.78 is 24.2. The normalized spacial score (nSPS) is 11.7. The molecule has 3 heterocycles. The number of pyridine rings is 2. The van der Waals surface area contributed by atoms with E-state index in [4.69, 9.17) is 9.97 Å². The van der Waals surface area contributed by atoms with Gasteiger partial charge in [-0.15, -0.1) is 5.10 Å². The molecule has 0 saturated carbocycles. The lowest BCUT2D eigenvalue weighted by atomic mass is 10.1. The van der Waals surface area contributed by atoms with Gasteiger partial charge in [-0.1, -0.05) is 32.9 Å². The van der Waals surface area contributed by atoms with E-state index >= 15 is 0 Å². The number of rotatable bonds is 7. The maximum atomic E-state index is 12.7. The number of hydrogen-bond donors (Lipinski definition) is 1. The number of aromatic nitrogens is 4. The van der Waals surface area contributed by atoms with Crippen LogP contribution in [-0.2, 0) is 22.8 Å². The molecule has 0 aliphatic heterocycles. The van der Waals surface area contributed by atoms with Gasteiger partial charge >= 0.3 is 0 Å². The second-order valence-corrected chi connectivity index (χ2v) is 10.7. The average molecular weight is 492 g/mol. The van der Waals surface area contributed by atoms with Crippen molar-refractivity contribution < 1.29 is 14.6 Å². The molecule has 0 radical (unpaired) electrons. The number of benzene rings is 1. The van der Waals surface area contributed by atoms with Crippen molar-refractivity contribution in [2.75, 3.05) is 6.26 Å². The summed E-state index contributed by atoms with van der Waals surface area (Å²) in [6.07, 6.45) is 1.70. The number of carbonyl (C=O) groups is 1. The average Bonchev–Trinajstić information content (AvgIpc) is 2.85. The molecule has 4 aromatic rings. The standard InChI is InChI=1S/C26H27N5O3S.H2/c1-5-17-9-10-18(13-25(17)35(4,33)34)26(32)27-15-19-14-24-23(31-30-19)12-11-22(29-24)21-8-6-7-20(28-21)16(2)3;/h6-14,16H,5,15H2,1-4H3,(H,27,32);1H. The summed E-state index contributed by atoms with van der Waals surface area (Å²) in [6.45, 7) is 6.18. The first-order valence-electron chi connectivity index (χ1n) is 11.4. The van der Waals surface area contributed by atoms with Gasteiger partial charge < -0.3 is 5.32 Å². The lowest BCUT2D eigenvalue weighted by Crippen LogP contribution is -2.24. The predicted molar refractivity (Wildman–Crippen MR) is 137 cm³/mol. The minimum atomic E-state index is -3.44. The number of fused-ring (bicyclic) bond motifs is 1. The van der Waals surface area contributed by atoms with Crippen LogP contribution in [0, 0.1) is 0 Å². The predicted octanol–water partition coefficient (Wildman–Crippen LogP) is 4.35. The summed E-state index contributed by atoms with van der Waals surface area (Å²) in [5, 5.41) is 11.2. The molecule has 1 aromatic carbocycles. The summed E-state index contributed by atoms with van der Waals surface area (Å²) in [5.74, 6) is -0.0842. The van der Waals surface area contributed by atoms with Crippen molar-refractivity contribution >= 4 is 26.8 Å². The monoisotopic (exact) mass is 491 g/mol. The molecule has 0 atom stereocenters. The Balaban J connectivity index is 0.00000361. The Morgan fingerprint density at radius 3 is 2.46 bits per heavy atom. The number of nitrogens with one attached hydrogen (secondary N) is 1. The van der Waals surface area contributed by atoms with Crippen LogP contribution in [0.25, 0.3) is 22.4 Å². The fourth-order valence-electron chi connectivity index (χ4n) is 3.71. The molecule has 0 unspecified atom stereocenters. The van der Waals surface area contributed by atoms with Crippen LogP contribution >= 0.6 is 0 Å². The largest absolute Gasteiger partial charge is 0.346 e. The number of nitrogens with zero attached hydrogens (tertiary/aromatic N) is 4. The van der Waals surface area contributed by atoms with E-state index < -0.39 is 15.7 Å². The molecule has 9 heteroatoms. The topological polar surface area (TPSA) is 115 Å². The summed E-state index contributed by atoms with van der Waals surface area (Å²) in [4.78, 5) is 22.3. The molecule has 0 saturated heterocycles. The lowest BCUT2D eigenvalue weighted by molar-refractivity contribution is 0.0950. The Labute approximate surface area is 206 Å². The smallest absolute Gasteiger partial charge is 0.251 e. The molecule has 1 amide bonds. The molecule has 182 valence electrons. The van der Waals surface area contributed by atoms with Gasteiger partial charge in [-0.3, -0.25) is 9.78 Å². The van der Waals surface area contributed by atoms with Gasteiger partial charge in [0.1, 0.15) is 5.52 Å². The van der Waals surface area contributed by atoms with Crippen LogP contribution in [0.15, 0.2) is 59.5 Å². The van der Waals surface area contributed by atoms with E-state index in [2.05, 4.69) is 29.4 Å². The third kappa shape index (κ3) is 5.51. The van der Waals surface area contributed by atoms with Crippen LogP contribution in [0.2, 0.25) is 0 Å². The van der Waals surface area contributed by atoms with Gasteiger partial charge in [0.05, 0.1) is 34.0 Å². The van der Waals surface area contributed by atoms with Crippen molar-refractivity contribution in [3.8, 4) is 11.4 Å². The SMILES string of the molecule is CCc1ccc(C(=O)NCc2cc3nc(-c4cccc(C(C)C)n4)ccc3nn2)cc1S(C)(=O)=O.[HH].